The lowest BCUT2D eigenvalue weighted by Gasteiger charge is -2.13. The van der Waals surface area contributed by atoms with Gasteiger partial charge in [0, 0.05) is 12.2 Å². The second kappa shape index (κ2) is 12.2. The minimum absolute atomic E-state index is 0. The van der Waals surface area contributed by atoms with Crippen molar-refractivity contribution in [2.24, 2.45) is 0 Å². The third-order valence-corrected chi connectivity index (χ3v) is 3.96. The van der Waals surface area contributed by atoms with Crippen LogP contribution in [0.25, 0.3) is 0 Å². The lowest BCUT2D eigenvalue weighted by atomic mass is 10.2. The summed E-state index contributed by atoms with van der Waals surface area (Å²) in [6.07, 6.45) is 2.34. The maximum atomic E-state index is 12.1. The van der Waals surface area contributed by atoms with Crippen LogP contribution in [0.2, 0.25) is 0 Å². The second-order valence-electron chi connectivity index (χ2n) is 6.22. The lowest BCUT2D eigenvalue weighted by molar-refractivity contribution is -0.118. The molecule has 0 saturated heterocycles. The highest BCUT2D eigenvalue weighted by Gasteiger charge is 2.09. The summed E-state index contributed by atoms with van der Waals surface area (Å²) < 4.78 is 11.0. The maximum Gasteiger partial charge on any atom is 0.262 e. The molecule has 0 atom stereocenters. The van der Waals surface area contributed by atoms with Gasteiger partial charge < -0.3 is 20.1 Å². The fourth-order valence-corrected chi connectivity index (χ4v) is 2.45. The SMILES string of the molecule is CCCCNCc1ccc(OCC(=O)Nc2ccc(C)cc2)c(OC)c1.Cl. The van der Waals surface area contributed by atoms with Crippen molar-refractivity contribution < 1.29 is 14.3 Å². The molecule has 0 heterocycles. The van der Waals surface area contributed by atoms with Crippen LogP contribution in [-0.2, 0) is 11.3 Å². The molecule has 2 rings (SSSR count). The van der Waals surface area contributed by atoms with Gasteiger partial charge in [0.05, 0.1) is 7.11 Å². The van der Waals surface area contributed by atoms with Crippen LogP contribution in [0.1, 0.15) is 30.9 Å². The molecule has 27 heavy (non-hydrogen) atoms. The zero-order valence-corrected chi connectivity index (χ0v) is 17.0. The van der Waals surface area contributed by atoms with Gasteiger partial charge >= 0.3 is 0 Å². The van der Waals surface area contributed by atoms with E-state index in [9.17, 15) is 4.79 Å². The fourth-order valence-electron chi connectivity index (χ4n) is 2.45. The van der Waals surface area contributed by atoms with E-state index in [2.05, 4.69) is 17.6 Å². The molecule has 0 aliphatic heterocycles. The summed E-state index contributed by atoms with van der Waals surface area (Å²) in [6, 6.07) is 13.4. The van der Waals surface area contributed by atoms with Gasteiger partial charge in [0.25, 0.3) is 5.91 Å². The van der Waals surface area contributed by atoms with Crippen LogP contribution in [0.15, 0.2) is 42.5 Å². The zero-order chi connectivity index (χ0) is 18.8. The van der Waals surface area contributed by atoms with E-state index in [1.807, 2.05) is 49.4 Å². The highest BCUT2D eigenvalue weighted by atomic mass is 35.5. The van der Waals surface area contributed by atoms with Gasteiger partial charge in [0.15, 0.2) is 18.1 Å². The quantitative estimate of drug-likeness (QED) is 0.591. The van der Waals surface area contributed by atoms with Crippen LogP contribution >= 0.6 is 12.4 Å². The predicted molar refractivity (Wildman–Crippen MR) is 112 cm³/mol. The van der Waals surface area contributed by atoms with Gasteiger partial charge in [-0.3, -0.25) is 4.79 Å². The molecular weight excluding hydrogens is 364 g/mol. The van der Waals surface area contributed by atoms with Crippen molar-refractivity contribution in [1.29, 1.82) is 0 Å². The standard InChI is InChI=1S/C21H28N2O3.ClH/c1-4-5-12-22-14-17-8-11-19(20(13-17)25-3)26-15-21(24)23-18-9-6-16(2)7-10-18;/h6-11,13,22H,4-5,12,14-15H2,1-3H3,(H,23,24);1H. The van der Waals surface area contributed by atoms with Gasteiger partial charge in [0.2, 0.25) is 0 Å². The van der Waals surface area contributed by atoms with E-state index in [1.54, 1.807) is 7.11 Å². The van der Waals surface area contributed by atoms with Crippen molar-refractivity contribution in [3.63, 3.8) is 0 Å². The third-order valence-electron chi connectivity index (χ3n) is 3.96. The number of nitrogens with one attached hydrogen (secondary N) is 2. The highest BCUT2D eigenvalue weighted by Crippen LogP contribution is 2.28. The Bertz CT molecular complexity index is 705. The van der Waals surface area contributed by atoms with Crippen molar-refractivity contribution in [3.05, 3.63) is 53.6 Å². The first-order chi connectivity index (χ1) is 12.6. The molecule has 2 N–H and O–H groups in total. The van der Waals surface area contributed by atoms with Crippen LogP contribution in [-0.4, -0.2) is 26.2 Å². The smallest absolute Gasteiger partial charge is 0.262 e. The maximum absolute atomic E-state index is 12.1. The Balaban J connectivity index is 0.00000364. The molecule has 6 heteroatoms. The van der Waals surface area contributed by atoms with Crippen molar-refractivity contribution in [1.82, 2.24) is 5.32 Å². The average Bonchev–Trinajstić information content (AvgIpc) is 2.65. The summed E-state index contributed by atoms with van der Waals surface area (Å²) in [7, 11) is 1.60. The molecule has 0 saturated carbocycles. The molecule has 0 unspecified atom stereocenters. The monoisotopic (exact) mass is 392 g/mol. The third kappa shape index (κ3) is 7.89. The number of carbonyl (C=O) groups is 1. The summed E-state index contributed by atoms with van der Waals surface area (Å²) in [6.45, 7) is 5.88. The summed E-state index contributed by atoms with van der Waals surface area (Å²) in [5, 5.41) is 6.21. The number of carbonyl (C=O) groups excluding carboxylic acids is 1. The average molecular weight is 393 g/mol. The highest BCUT2D eigenvalue weighted by molar-refractivity contribution is 5.91. The van der Waals surface area contributed by atoms with Gasteiger partial charge in [-0.2, -0.15) is 0 Å². The van der Waals surface area contributed by atoms with Gasteiger partial charge in [-0.15, -0.1) is 12.4 Å². The number of hydrogen-bond donors (Lipinski definition) is 2. The van der Waals surface area contributed by atoms with E-state index in [1.165, 1.54) is 6.42 Å². The number of unbranched alkanes of at least 4 members (excludes halogenated alkanes) is 1. The molecule has 2 aromatic carbocycles. The number of amides is 1. The number of methoxy groups -OCH3 is 1. The topological polar surface area (TPSA) is 59.6 Å². The number of aryl methyl sites for hydroxylation is 1. The molecule has 0 spiro atoms. The first kappa shape index (κ1) is 22.8. The van der Waals surface area contributed by atoms with Crippen LogP contribution in [0.4, 0.5) is 5.69 Å². The molecule has 0 radical (unpaired) electrons. The van der Waals surface area contributed by atoms with Crippen LogP contribution in [0, 0.1) is 6.92 Å². The summed E-state index contributed by atoms with van der Waals surface area (Å²) in [5.41, 5.74) is 3.02. The normalized spacial score (nSPS) is 10.0. The van der Waals surface area contributed by atoms with E-state index in [0.717, 1.165) is 36.3 Å². The minimum atomic E-state index is -0.207. The van der Waals surface area contributed by atoms with Gasteiger partial charge in [-0.25, -0.2) is 0 Å². The van der Waals surface area contributed by atoms with E-state index in [-0.39, 0.29) is 24.9 Å². The Labute approximate surface area is 167 Å². The van der Waals surface area contributed by atoms with E-state index < -0.39 is 0 Å². The number of ether oxygens (including phenoxy) is 2. The van der Waals surface area contributed by atoms with Crippen LogP contribution < -0.4 is 20.1 Å². The van der Waals surface area contributed by atoms with Crippen molar-refractivity contribution >= 4 is 24.0 Å². The van der Waals surface area contributed by atoms with Crippen molar-refractivity contribution in [3.8, 4) is 11.5 Å². The van der Waals surface area contributed by atoms with Crippen LogP contribution in [0.5, 0.6) is 11.5 Å². The number of hydrogen-bond acceptors (Lipinski definition) is 4. The fraction of sp³-hybridized carbons (Fsp3) is 0.381. The summed E-state index contributed by atoms with van der Waals surface area (Å²) in [4.78, 5) is 12.1. The lowest BCUT2D eigenvalue weighted by Crippen LogP contribution is -2.20. The largest absolute Gasteiger partial charge is 0.493 e. The molecule has 0 fully saturated rings. The van der Waals surface area contributed by atoms with Gasteiger partial charge in [0.1, 0.15) is 0 Å². The molecule has 2 aromatic rings. The molecule has 0 aliphatic rings. The van der Waals surface area contributed by atoms with E-state index in [4.69, 9.17) is 9.47 Å². The Morgan fingerprint density at radius 2 is 1.81 bits per heavy atom. The van der Waals surface area contributed by atoms with Gasteiger partial charge in [-0.05, 0) is 49.7 Å². The molecule has 148 valence electrons. The molecule has 1 amide bonds. The summed E-state index contributed by atoms with van der Waals surface area (Å²) >= 11 is 0. The molecule has 5 nitrogen and oxygen atoms in total. The molecule has 0 bridgehead atoms. The number of halogens is 1. The number of benzene rings is 2. The summed E-state index contributed by atoms with van der Waals surface area (Å²) in [5.74, 6) is 0.980. The minimum Gasteiger partial charge on any atom is -0.493 e. The van der Waals surface area contributed by atoms with Crippen molar-refractivity contribution in [2.75, 3.05) is 25.6 Å². The number of anilines is 1. The van der Waals surface area contributed by atoms with E-state index >= 15 is 0 Å². The molecule has 0 aromatic heterocycles. The Kier molecular flexibility index (Phi) is 10.3. The second-order valence-corrected chi connectivity index (χ2v) is 6.22. The van der Waals surface area contributed by atoms with Crippen molar-refractivity contribution in [2.45, 2.75) is 33.2 Å². The molecule has 0 aliphatic carbocycles. The molecular formula is C21H29ClN2O3. The number of rotatable bonds is 10. The zero-order valence-electron chi connectivity index (χ0n) is 16.2. The Morgan fingerprint density at radius 1 is 1.07 bits per heavy atom. The predicted octanol–water partition coefficient (Wildman–Crippen LogP) is 4.33. The van der Waals surface area contributed by atoms with Gasteiger partial charge in [-0.1, -0.05) is 37.1 Å². The Hall–Kier alpha value is -2.24. The first-order valence-electron chi connectivity index (χ1n) is 8.99. The Morgan fingerprint density at radius 3 is 2.48 bits per heavy atom. The van der Waals surface area contributed by atoms with Crippen LogP contribution in [0.3, 0.4) is 0 Å². The first-order valence-corrected chi connectivity index (χ1v) is 8.99. The van der Waals surface area contributed by atoms with E-state index in [0.29, 0.717) is 11.5 Å².